The first kappa shape index (κ1) is 12.9. The number of aromatic nitrogens is 2. The van der Waals surface area contributed by atoms with Crippen LogP contribution in [0.5, 0.6) is 0 Å². The van der Waals surface area contributed by atoms with E-state index in [9.17, 15) is 4.79 Å². The second kappa shape index (κ2) is 5.42. The van der Waals surface area contributed by atoms with Crippen molar-refractivity contribution in [2.45, 2.75) is 33.1 Å². The molecule has 0 unspecified atom stereocenters. The van der Waals surface area contributed by atoms with Crippen molar-refractivity contribution in [2.75, 3.05) is 18.4 Å². The molecule has 1 N–H and O–H groups in total. The molecule has 1 aromatic heterocycles. The van der Waals surface area contributed by atoms with Crippen molar-refractivity contribution in [1.29, 1.82) is 0 Å². The van der Waals surface area contributed by atoms with E-state index < -0.39 is 0 Å². The van der Waals surface area contributed by atoms with Crippen molar-refractivity contribution in [3.8, 4) is 0 Å². The summed E-state index contributed by atoms with van der Waals surface area (Å²) in [5, 5.41) is 7.29. The quantitative estimate of drug-likeness (QED) is 0.875. The molecule has 2 rings (SSSR count). The normalized spacial score (nSPS) is 16.9. The maximum Gasteiger partial charge on any atom is 0.321 e. The zero-order valence-electron chi connectivity index (χ0n) is 11.4. The predicted octanol–water partition coefficient (Wildman–Crippen LogP) is 2.25. The standard InChI is InChI=1S/C13H22N4O/c1-4-11-12(9-16(3)15-11)14-13(18)17-7-5-10(2)6-8-17/h9-10H,4-8H2,1-3H3,(H,14,18). The van der Waals surface area contributed by atoms with Gasteiger partial charge in [-0.05, 0) is 25.2 Å². The summed E-state index contributed by atoms with van der Waals surface area (Å²) in [6, 6.07) is 0.00426. The van der Waals surface area contributed by atoms with Crippen LogP contribution in [-0.2, 0) is 13.5 Å². The van der Waals surface area contributed by atoms with Crippen LogP contribution < -0.4 is 5.32 Å². The summed E-state index contributed by atoms with van der Waals surface area (Å²) in [4.78, 5) is 14.0. The van der Waals surface area contributed by atoms with Crippen LogP contribution in [0.4, 0.5) is 10.5 Å². The lowest BCUT2D eigenvalue weighted by Gasteiger charge is -2.30. The summed E-state index contributed by atoms with van der Waals surface area (Å²) in [7, 11) is 1.87. The Hall–Kier alpha value is -1.52. The highest BCUT2D eigenvalue weighted by atomic mass is 16.2. The van der Waals surface area contributed by atoms with Gasteiger partial charge in [-0.25, -0.2) is 4.79 Å². The maximum atomic E-state index is 12.1. The van der Waals surface area contributed by atoms with Crippen molar-refractivity contribution in [1.82, 2.24) is 14.7 Å². The second-order valence-corrected chi connectivity index (χ2v) is 5.12. The van der Waals surface area contributed by atoms with E-state index in [1.165, 1.54) is 0 Å². The molecule has 1 fully saturated rings. The smallest absolute Gasteiger partial charge is 0.321 e. The van der Waals surface area contributed by atoms with Crippen LogP contribution in [0, 0.1) is 5.92 Å². The number of hydrogen-bond acceptors (Lipinski definition) is 2. The number of amides is 2. The molecule has 5 nitrogen and oxygen atoms in total. The Morgan fingerprint density at radius 2 is 2.17 bits per heavy atom. The van der Waals surface area contributed by atoms with Gasteiger partial charge >= 0.3 is 6.03 Å². The van der Waals surface area contributed by atoms with E-state index in [1.54, 1.807) is 4.68 Å². The number of carbonyl (C=O) groups excluding carboxylic acids is 1. The van der Waals surface area contributed by atoms with Gasteiger partial charge in [-0.2, -0.15) is 5.10 Å². The topological polar surface area (TPSA) is 50.2 Å². The van der Waals surface area contributed by atoms with Crippen molar-refractivity contribution >= 4 is 11.7 Å². The second-order valence-electron chi connectivity index (χ2n) is 5.12. The third-order valence-electron chi connectivity index (χ3n) is 3.55. The summed E-state index contributed by atoms with van der Waals surface area (Å²) in [6.07, 6.45) is 4.89. The Bertz CT molecular complexity index is 419. The lowest BCUT2D eigenvalue weighted by atomic mass is 10.00. The van der Waals surface area contributed by atoms with Crippen LogP contribution in [0.2, 0.25) is 0 Å². The van der Waals surface area contributed by atoms with E-state index in [2.05, 4.69) is 17.3 Å². The Balaban J connectivity index is 1.98. The third kappa shape index (κ3) is 2.83. The highest BCUT2D eigenvalue weighted by Crippen LogP contribution is 2.18. The monoisotopic (exact) mass is 250 g/mol. The summed E-state index contributed by atoms with van der Waals surface area (Å²) in [6.45, 7) is 6.00. The Kier molecular flexibility index (Phi) is 3.89. The Morgan fingerprint density at radius 3 is 2.78 bits per heavy atom. The first-order chi connectivity index (χ1) is 8.60. The molecule has 2 heterocycles. The van der Waals surface area contributed by atoms with Crippen molar-refractivity contribution in [2.24, 2.45) is 13.0 Å². The summed E-state index contributed by atoms with van der Waals surface area (Å²) < 4.78 is 1.74. The van der Waals surface area contributed by atoms with Gasteiger partial charge in [-0.1, -0.05) is 13.8 Å². The molecule has 2 amide bonds. The maximum absolute atomic E-state index is 12.1. The molecule has 0 radical (unpaired) electrons. The fraction of sp³-hybridized carbons (Fsp3) is 0.692. The van der Waals surface area contributed by atoms with Crippen molar-refractivity contribution in [3.05, 3.63) is 11.9 Å². The van der Waals surface area contributed by atoms with Crippen LogP contribution in [0.3, 0.4) is 0 Å². The van der Waals surface area contributed by atoms with Gasteiger partial charge in [0.05, 0.1) is 11.4 Å². The van der Waals surface area contributed by atoms with E-state index in [4.69, 9.17) is 0 Å². The van der Waals surface area contributed by atoms with E-state index in [-0.39, 0.29) is 6.03 Å². The SMILES string of the molecule is CCc1nn(C)cc1NC(=O)N1CCC(C)CC1. The van der Waals surface area contributed by atoms with Gasteiger partial charge in [0.15, 0.2) is 0 Å². The number of carbonyl (C=O) groups is 1. The Labute approximate surface area is 108 Å². The third-order valence-corrected chi connectivity index (χ3v) is 3.55. The summed E-state index contributed by atoms with van der Waals surface area (Å²) in [5.41, 5.74) is 1.78. The highest BCUT2D eigenvalue weighted by molar-refractivity contribution is 5.89. The molecule has 100 valence electrons. The van der Waals surface area contributed by atoms with Crippen LogP contribution in [-0.4, -0.2) is 33.8 Å². The first-order valence-electron chi connectivity index (χ1n) is 6.68. The van der Waals surface area contributed by atoms with E-state index in [0.29, 0.717) is 0 Å². The summed E-state index contributed by atoms with van der Waals surface area (Å²) in [5.74, 6) is 0.735. The lowest BCUT2D eigenvalue weighted by Crippen LogP contribution is -2.40. The van der Waals surface area contributed by atoms with Crippen LogP contribution in [0.1, 0.15) is 32.4 Å². The molecule has 1 aliphatic rings. The number of hydrogen-bond donors (Lipinski definition) is 1. The molecule has 1 saturated heterocycles. The molecule has 1 aromatic rings. The number of rotatable bonds is 2. The molecule has 0 aromatic carbocycles. The number of anilines is 1. The Morgan fingerprint density at radius 1 is 1.50 bits per heavy atom. The van der Waals surface area contributed by atoms with Crippen LogP contribution in [0.15, 0.2) is 6.20 Å². The zero-order valence-corrected chi connectivity index (χ0v) is 11.4. The number of piperidine rings is 1. The number of nitrogens with zero attached hydrogens (tertiary/aromatic N) is 3. The lowest BCUT2D eigenvalue weighted by molar-refractivity contribution is 0.186. The molecule has 0 atom stereocenters. The van der Waals surface area contributed by atoms with E-state index >= 15 is 0 Å². The average Bonchev–Trinajstić information content (AvgIpc) is 2.70. The molecule has 0 spiro atoms. The molecule has 1 aliphatic heterocycles. The number of aryl methyl sites for hydroxylation is 2. The molecular weight excluding hydrogens is 228 g/mol. The minimum Gasteiger partial charge on any atom is -0.325 e. The fourth-order valence-corrected chi connectivity index (χ4v) is 2.31. The van der Waals surface area contributed by atoms with Crippen LogP contribution >= 0.6 is 0 Å². The van der Waals surface area contributed by atoms with Crippen molar-refractivity contribution < 1.29 is 4.79 Å². The van der Waals surface area contributed by atoms with Crippen LogP contribution in [0.25, 0.3) is 0 Å². The molecule has 0 aliphatic carbocycles. The van der Waals surface area contributed by atoms with Gasteiger partial charge in [0.2, 0.25) is 0 Å². The largest absolute Gasteiger partial charge is 0.325 e. The van der Waals surface area contributed by atoms with Gasteiger partial charge in [0, 0.05) is 26.3 Å². The first-order valence-corrected chi connectivity index (χ1v) is 6.68. The average molecular weight is 250 g/mol. The fourth-order valence-electron chi connectivity index (χ4n) is 2.31. The zero-order chi connectivity index (χ0) is 13.1. The van der Waals surface area contributed by atoms with Gasteiger partial charge in [-0.15, -0.1) is 0 Å². The summed E-state index contributed by atoms with van der Waals surface area (Å²) >= 11 is 0. The molecular formula is C13H22N4O. The van der Waals surface area contributed by atoms with Gasteiger partial charge in [0.1, 0.15) is 0 Å². The highest BCUT2D eigenvalue weighted by Gasteiger charge is 2.21. The van der Waals surface area contributed by atoms with Gasteiger partial charge in [0.25, 0.3) is 0 Å². The molecule has 18 heavy (non-hydrogen) atoms. The van der Waals surface area contributed by atoms with E-state index in [1.807, 2.05) is 25.1 Å². The molecule has 0 saturated carbocycles. The molecule has 0 bridgehead atoms. The van der Waals surface area contributed by atoms with E-state index in [0.717, 1.165) is 49.7 Å². The minimum absolute atomic E-state index is 0.00426. The van der Waals surface area contributed by atoms with Gasteiger partial charge in [-0.3, -0.25) is 4.68 Å². The van der Waals surface area contributed by atoms with Crippen molar-refractivity contribution in [3.63, 3.8) is 0 Å². The van der Waals surface area contributed by atoms with Gasteiger partial charge < -0.3 is 10.2 Å². The minimum atomic E-state index is 0.00426. The number of likely N-dealkylation sites (tertiary alicyclic amines) is 1. The molecule has 5 heteroatoms. The predicted molar refractivity (Wildman–Crippen MR) is 71.6 cm³/mol. The number of nitrogens with one attached hydrogen (secondary N) is 1. The number of urea groups is 1.